The molecule has 2 saturated carbocycles. The standard InChI is InChI=1S/C12H16O3/c13-8-5-9-10(14)4-7-2-1-3-11(15)12(7,9)6-8/h5,7,10-11,14-15H,1-4,6H2/t7-,10-,11+,12-/m0/s1. The Kier molecular flexibility index (Phi) is 1.86. The van der Waals surface area contributed by atoms with Crippen molar-refractivity contribution in [2.75, 3.05) is 0 Å². The molecule has 0 heterocycles. The number of rotatable bonds is 0. The molecular weight excluding hydrogens is 192 g/mol. The summed E-state index contributed by atoms with van der Waals surface area (Å²) in [6.45, 7) is 0. The molecule has 2 N–H and O–H groups in total. The number of carbonyl (C=O) groups is 1. The summed E-state index contributed by atoms with van der Waals surface area (Å²) in [5.41, 5.74) is 0.444. The highest BCUT2D eigenvalue weighted by Gasteiger charge is 2.59. The summed E-state index contributed by atoms with van der Waals surface area (Å²) in [6, 6.07) is 0. The van der Waals surface area contributed by atoms with Gasteiger partial charge in [-0.2, -0.15) is 0 Å². The molecule has 1 spiro atoms. The number of allylic oxidation sites excluding steroid dienone is 1. The van der Waals surface area contributed by atoms with Crippen molar-refractivity contribution in [3.05, 3.63) is 11.6 Å². The minimum Gasteiger partial charge on any atom is -0.392 e. The van der Waals surface area contributed by atoms with Crippen molar-refractivity contribution in [1.29, 1.82) is 0 Å². The zero-order chi connectivity index (χ0) is 10.6. The van der Waals surface area contributed by atoms with Gasteiger partial charge in [-0.1, -0.05) is 6.42 Å². The molecule has 15 heavy (non-hydrogen) atoms. The SMILES string of the molecule is O=C1C=C2[C@@H](O)C[C@@H]3CCC[C@@H](O)[C@]23C1. The largest absolute Gasteiger partial charge is 0.392 e. The Labute approximate surface area is 88.8 Å². The molecule has 0 aliphatic heterocycles. The van der Waals surface area contributed by atoms with Crippen molar-refractivity contribution >= 4 is 5.78 Å². The van der Waals surface area contributed by atoms with E-state index in [-0.39, 0.29) is 11.2 Å². The van der Waals surface area contributed by atoms with Crippen LogP contribution < -0.4 is 0 Å². The molecule has 3 aliphatic carbocycles. The van der Waals surface area contributed by atoms with Gasteiger partial charge >= 0.3 is 0 Å². The van der Waals surface area contributed by atoms with Gasteiger partial charge in [0.2, 0.25) is 0 Å². The van der Waals surface area contributed by atoms with E-state index < -0.39 is 12.2 Å². The summed E-state index contributed by atoms with van der Waals surface area (Å²) in [6.07, 6.45) is 4.65. The average Bonchev–Trinajstić information content (AvgIpc) is 2.63. The molecule has 3 aliphatic rings. The van der Waals surface area contributed by atoms with Gasteiger partial charge in [-0.15, -0.1) is 0 Å². The number of aliphatic hydroxyl groups excluding tert-OH is 2. The van der Waals surface area contributed by atoms with E-state index in [9.17, 15) is 15.0 Å². The molecule has 0 saturated heterocycles. The van der Waals surface area contributed by atoms with Crippen molar-refractivity contribution in [2.24, 2.45) is 11.3 Å². The van der Waals surface area contributed by atoms with E-state index in [4.69, 9.17) is 0 Å². The Morgan fingerprint density at radius 2 is 2.13 bits per heavy atom. The molecule has 3 nitrogen and oxygen atoms in total. The molecule has 3 heteroatoms. The summed E-state index contributed by atoms with van der Waals surface area (Å²) >= 11 is 0. The van der Waals surface area contributed by atoms with E-state index in [1.807, 2.05) is 0 Å². The predicted molar refractivity (Wildman–Crippen MR) is 54.1 cm³/mol. The molecule has 0 radical (unpaired) electrons. The maximum absolute atomic E-state index is 11.5. The van der Waals surface area contributed by atoms with Gasteiger partial charge < -0.3 is 10.2 Å². The van der Waals surface area contributed by atoms with Gasteiger partial charge in [0.05, 0.1) is 12.2 Å². The lowest BCUT2D eigenvalue weighted by Gasteiger charge is -2.41. The summed E-state index contributed by atoms with van der Waals surface area (Å²) in [5, 5.41) is 20.1. The third-order valence-corrected chi connectivity index (χ3v) is 4.54. The fourth-order valence-corrected chi connectivity index (χ4v) is 3.92. The molecule has 82 valence electrons. The highest BCUT2D eigenvalue weighted by molar-refractivity contribution is 5.95. The molecular formula is C12H16O3. The van der Waals surface area contributed by atoms with Crippen LogP contribution in [0.3, 0.4) is 0 Å². The highest BCUT2D eigenvalue weighted by Crippen LogP contribution is 2.59. The Morgan fingerprint density at radius 1 is 1.33 bits per heavy atom. The van der Waals surface area contributed by atoms with Crippen LogP contribution in [0.5, 0.6) is 0 Å². The summed E-state index contributed by atoms with van der Waals surface area (Å²) in [4.78, 5) is 11.5. The zero-order valence-electron chi connectivity index (χ0n) is 8.65. The molecule has 0 aromatic rings. The fourth-order valence-electron chi connectivity index (χ4n) is 3.92. The fraction of sp³-hybridized carbons (Fsp3) is 0.750. The molecule has 0 aromatic heterocycles. The maximum Gasteiger partial charge on any atom is 0.156 e. The highest BCUT2D eigenvalue weighted by atomic mass is 16.3. The van der Waals surface area contributed by atoms with E-state index in [1.165, 1.54) is 0 Å². The Morgan fingerprint density at radius 3 is 2.93 bits per heavy atom. The summed E-state index contributed by atoms with van der Waals surface area (Å²) in [7, 11) is 0. The summed E-state index contributed by atoms with van der Waals surface area (Å²) in [5.74, 6) is 0.392. The number of hydrogen-bond acceptors (Lipinski definition) is 3. The lowest BCUT2D eigenvalue weighted by molar-refractivity contribution is -0.118. The lowest BCUT2D eigenvalue weighted by atomic mass is 9.64. The van der Waals surface area contributed by atoms with Gasteiger partial charge in [-0.3, -0.25) is 4.79 Å². The quantitative estimate of drug-likeness (QED) is 0.619. The average molecular weight is 208 g/mol. The van der Waals surface area contributed by atoms with Crippen LogP contribution in [-0.4, -0.2) is 28.2 Å². The van der Waals surface area contributed by atoms with E-state index in [0.717, 1.165) is 31.3 Å². The van der Waals surface area contributed by atoms with E-state index in [0.29, 0.717) is 12.3 Å². The van der Waals surface area contributed by atoms with Crippen molar-refractivity contribution in [1.82, 2.24) is 0 Å². The van der Waals surface area contributed by atoms with Crippen molar-refractivity contribution < 1.29 is 15.0 Å². The van der Waals surface area contributed by atoms with Gasteiger partial charge in [-0.05, 0) is 36.8 Å². The minimum absolute atomic E-state index is 0.0784. The number of carbonyl (C=O) groups excluding carboxylic acids is 1. The van der Waals surface area contributed by atoms with Crippen LogP contribution in [-0.2, 0) is 4.79 Å². The first-order valence-corrected chi connectivity index (χ1v) is 5.75. The predicted octanol–water partition coefficient (Wildman–Crippen LogP) is 0.798. The van der Waals surface area contributed by atoms with E-state index in [1.54, 1.807) is 6.08 Å². The Balaban J connectivity index is 2.09. The van der Waals surface area contributed by atoms with Gasteiger partial charge in [0, 0.05) is 11.8 Å². The topological polar surface area (TPSA) is 57.5 Å². The first-order chi connectivity index (χ1) is 7.14. The molecule has 3 rings (SSSR count). The Bertz CT molecular complexity index is 347. The second-order valence-corrected chi connectivity index (χ2v) is 5.18. The molecule has 0 amide bonds. The number of hydrogen-bond donors (Lipinski definition) is 2. The second kappa shape index (κ2) is 2.92. The molecule has 2 fully saturated rings. The summed E-state index contributed by atoms with van der Waals surface area (Å²) < 4.78 is 0. The van der Waals surface area contributed by atoms with Crippen LogP contribution in [0.2, 0.25) is 0 Å². The van der Waals surface area contributed by atoms with Crippen molar-refractivity contribution in [3.8, 4) is 0 Å². The number of ketones is 1. The Hall–Kier alpha value is -0.670. The smallest absolute Gasteiger partial charge is 0.156 e. The zero-order valence-corrected chi connectivity index (χ0v) is 8.65. The normalized spacial score (nSPS) is 48.8. The van der Waals surface area contributed by atoms with Gasteiger partial charge in [0.25, 0.3) is 0 Å². The first-order valence-electron chi connectivity index (χ1n) is 5.75. The van der Waals surface area contributed by atoms with Crippen LogP contribution in [0.25, 0.3) is 0 Å². The van der Waals surface area contributed by atoms with Gasteiger partial charge in [-0.25, -0.2) is 0 Å². The first kappa shape index (κ1) is 9.55. The second-order valence-electron chi connectivity index (χ2n) is 5.18. The van der Waals surface area contributed by atoms with E-state index >= 15 is 0 Å². The number of aliphatic hydroxyl groups is 2. The van der Waals surface area contributed by atoms with Crippen LogP contribution >= 0.6 is 0 Å². The molecule has 0 aromatic carbocycles. The minimum atomic E-state index is -0.491. The molecule has 4 atom stereocenters. The van der Waals surface area contributed by atoms with Gasteiger partial charge in [0.15, 0.2) is 5.78 Å². The monoisotopic (exact) mass is 208 g/mol. The third kappa shape index (κ3) is 1.05. The maximum atomic E-state index is 11.5. The van der Waals surface area contributed by atoms with Crippen LogP contribution in [0.4, 0.5) is 0 Å². The molecule has 0 unspecified atom stereocenters. The molecule has 0 bridgehead atoms. The van der Waals surface area contributed by atoms with E-state index in [2.05, 4.69) is 0 Å². The van der Waals surface area contributed by atoms with Crippen LogP contribution in [0.1, 0.15) is 32.1 Å². The van der Waals surface area contributed by atoms with Crippen molar-refractivity contribution in [3.63, 3.8) is 0 Å². The van der Waals surface area contributed by atoms with Gasteiger partial charge in [0.1, 0.15) is 0 Å². The third-order valence-electron chi connectivity index (χ3n) is 4.54. The van der Waals surface area contributed by atoms with Crippen LogP contribution in [0.15, 0.2) is 11.6 Å². The lowest BCUT2D eigenvalue weighted by Crippen LogP contribution is -2.42. The van der Waals surface area contributed by atoms with Crippen LogP contribution in [0, 0.1) is 11.3 Å². The van der Waals surface area contributed by atoms with Crippen molar-refractivity contribution in [2.45, 2.75) is 44.3 Å².